The number of rotatable bonds is 45. The molecule has 0 aliphatic carbocycles. The van der Waals surface area contributed by atoms with Gasteiger partial charge in [-0.3, -0.25) is 14.4 Å². The average molecular weight is 851 g/mol. The van der Waals surface area contributed by atoms with E-state index in [9.17, 15) is 14.4 Å². The smallest absolute Gasteiger partial charge is 0.306 e. The molecule has 0 aromatic heterocycles. The van der Waals surface area contributed by atoms with Crippen molar-refractivity contribution >= 4 is 17.9 Å². The zero-order chi connectivity index (χ0) is 44.4. The average Bonchev–Trinajstić information content (AvgIpc) is 3.26. The van der Waals surface area contributed by atoms with Crippen LogP contribution in [0.5, 0.6) is 0 Å². The number of hydrogen-bond donors (Lipinski definition) is 0. The number of hydrogen-bond acceptors (Lipinski definition) is 6. The van der Waals surface area contributed by atoms with E-state index in [2.05, 4.69) is 93.7 Å². The molecule has 0 N–H and O–H groups in total. The van der Waals surface area contributed by atoms with E-state index in [4.69, 9.17) is 14.2 Å². The summed E-state index contributed by atoms with van der Waals surface area (Å²) in [5, 5.41) is 0. The third kappa shape index (κ3) is 47.7. The number of carbonyl (C=O) groups excluding carboxylic acids is 3. The highest BCUT2D eigenvalue weighted by atomic mass is 16.6. The fourth-order valence-electron chi connectivity index (χ4n) is 6.88. The number of ether oxygens (including phenoxy) is 3. The third-order valence-electron chi connectivity index (χ3n) is 10.7. The molecule has 1 atom stereocenters. The fourth-order valence-corrected chi connectivity index (χ4v) is 6.88. The van der Waals surface area contributed by atoms with Gasteiger partial charge in [0.1, 0.15) is 13.2 Å². The highest BCUT2D eigenvalue weighted by Gasteiger charge is 2.19. The van der Waals surface area contributed by atoms with E-state index >= 15 is 0 Å². The van der Waals surface area contributed by atoms with E-state index in [1.807, 2.05) is 0 Å². The molecular formula is C55H94O6. The predicted molar refractivity (Wildman–Crippen MR) is 261 cm³/mol. The maximum Gasteiger partial charge on any atom is 0.306 e. The number of carbonyl (C=O) groups is 3. The highest BCUT2D eigenvalue weighted by Crippen LogP contribution is 2.14. The monoisotopic (exact) mass is 851 g/mol. The van der Waals surface area contributed by atoms with Crippen molar-refractivity contribution in [1.82, 2.24) is 0 Å². The van der Waals surface area contributed by atoms with Crippen LogP contribution >= 0.6 is 0 Å². The lowest BCUT2D eigenvalue weighted by Crippen LogP contribution is -2.30. The molecule has 0 saturated heterocycles. The molecule has 0 fully saturated rings. The Morgan fingerprint density at radius 1 is 0.344 bits per heavy atom. The van der Waals surface area contributed by atoms with Crippen molar-refractivity contribution in [1.29, 1.82) is 0 Å². The van der Waals surface area contributed by atoms with Crippen LogP contribution in [0.4, 0.5) is 0 Å². The van der Waals surface area contributed by atoms with Crippen molar-refractivity contribution in [3.63, 3.8) is 0 Å². The van der Waals surface area contributed by atoms with Crippen LogP contribution < -0.4 is 0 Å². The molecule has 0 unspecified atom stereocenters. The lowest BCUT2D eigenvalue weighted by Gasteiger charge is -2.18. The first kappa shape index (κ1) is 57.9. The van der Waals surface area contributed by atoms with Crippen molar-refractivity contribution in [3.05, 3.63) is 72.9 Å². The Kier molecular flexibility index (Phi) is 46.9. The van der Waals surface area contributed by atoms with Gasteiger partial charge in [0, 0.05) is 19.3 Å². The van der Waals surface area contributed by atoms with Crippen LogP contribution in [-0.4, -0.2) is 37.2 Å². The molecule has 0 heterocycles. The molecule has 0 radical (unpaired) electrons. The van der Waals surface area contributed by atoms with Crippen LogP contribution in [-0.2, 0) is 28.6 Å². The molecule has 6 nitrogen and oxygen atoms in total. The third-order valence-corrected chi connectivity index (χ3v) is 10.7. The molecule has 0 rings (SSSR count). The van der Waals surface area contributed by atoms with Crippen LogP contribution in [0.1, 0.15) is 239 Å². The molecule has 0 aliphatic heterocycles. The second kappa shape index (κ2) is 49.5. The van der Waals surface area contributed by atoms with Crippen LogP contribution in [0.25, 0.3) is 0 Å². The minimum absolute atomic E-state index is 0.0933. The predicted octanol–water partition coefficient (Wildman–Crippen LogP) is 16.6. The van der Waals surface area contributed by atoms with Crippen molar-refractivity contribution in [3.8, 4) is 0 Å². The van der Waals surface area contributed by atoms with Crippen molar-refractivity contribution in [2.24, 2.45) is 0 Å². The quantitative estimate of drug-likeness (QED) is 0.0263. The van der Waals surface area contributed by atoms with Gasteiger partial charge in [0.05, 0.1) is 0 Å². The van der Waals surface area contributed by atoms with Gasteiger partial charge in [-0.05, 0) is 83.5 Å². The SMILES string of the molecule is CC/C=C\C/C=C\C/C=C\C/C=C\C/C=C\CCCC(=O)OC[C@H](COC(=O)CCCCCCCCCCCCC)OC(=O)CCCCCCCCC/C=C\CCCCCC. The van der Waals surface area contributed by atoms with Crippen LogP contribution in [0.2, 0.25) is 0 Å². The van der Waals surface area contributed by atoms with Gasteiger partial charge in [0.25, 0.3) is 0 Å². The van der Waals surface area contributed by atoms with E-state index < -0.39 is 6.10 Å². The second-order valence-electron chi connectivity index (χ2n) is 16.7. The molecule has 0 aliphatic rings. The van der Waals surface area contributed by atoms with Crippen LogP contribution in [0, 0.1) is 0 Å². The minimum atomic E-state index is -0.797. The molecule has 6 heteroatoms. The van der Waals surface area contributed by atoms with Gasteiger partial charge < -0.3 is 14.2 Å². The highest BCUT2D eigenvalue weighted by molar-refractivity contribution is 5.71. The van der Waals surface area contributed by atoms with E-state index in [0.717, 1.165) is 77.0 Å². The minimum Gasteiger partial charge on any atom is -0.462 e. The topological polar surface area (TPSA) is 78.9 Å². The normalized spacial score (nSPS) is 12.6. The number of esters is 3. The van der Waals surface area contributed by atoms with Gasteiger partial charge in [0.2, 0.25) is 0 Å². The Morgan fingerprint density at radius 3 is 1.10 bits per heavy atom. The number of unbranched alkanes of at least 4 members (excludes halogenated alkanes) is 22. The van der Waals surface area contributed by atoms with Gasteiger partial charge in [-0.1, -0.05) is 209 Å². The van der Waals surface area contributed by atoms with Crippen LogP contribution in [0.15, 0.2) is 72.9 Å². The van der Waals surface area contributed by atoms with Gasteiger partial charge in [-0.25, -0.2) is 0 Å². The van der Waals surface area contributed by atoms with Crippen LogP contribution in [0.3, 0.4) is 0 Å². The van der Waals surface area contributed by atoms with Gasteiger partial charge in [-0.15, -0.1) is 0 Å². The molecule has 61 heavy (non-hydrogen) atoms. The molecule has 0 aromatic carbocycles. The summed E-state index contributed by atoms with van der Waals surface area (Å²) in [4.78, 5) is 37.9. The Balaban J connectivity index is 4.46. The summed E-state index contributed by atoms with van der Waals surface area (Å²) in [6, 6.07) is 0. The summed E-state index contributed by atoms with van der Waals surface area (Å²) >= 11 is 0. The second-order valence-corrected chi connectivity index (χ2v) is 16.7. The Labute approximate surface area is 376 Å². The van der Waals surface area contributed by atoms with Crippen molar-refractivity contribution < 1.29 is 28.6 Å². The lowest BCUT2D eigenvalue weighted by atomic mass is 10.1. The first-order chi connectivity index (χ1) is 30.0. The summed E-state index contributed by atoms with van der Waals surface area (Å²) in [5.41, 5.74) is 0. The maximum atomic E-state index is 12.8. The number of allylic oxidation sites excluding steroid dienone is 12. The fraction of sp³-hybridized carbons (Fsp3) is 0.727. The lowest BCUT2D eigenvalue weighted by molar-refractivity contribution is -0.167. The maximum absolute atomic E-state index is 12.8. The zero-order valence-corrected chi connectivity index (χ0v) is 39.9. The Hall–Kier alpha value is -3.15. The Morgan fingerprint density at radius 2 is 0.656 bits per heavy atom. The van der Waals surface area contributed by atoms with Crippen molar-refractivity contribution in [2.75, 3.05) is 13.2 Å². The molecule has 350 valence electrons. The first-order valence-electron chi connectivity index (χ1n) is 25.4. The van der Waals surface area contributed by atoms with E-state index in [-0.39, 0.29) is 37.5 Å². The zero-order valence-electron chi connectivity index (χ0n) is 39.9. The molecular weight excluding hydrogens is 757 g/mol. The first-order valence-corrected chi connectivity index (χ1v) is 25.4. The molecule has 0 spiro atoms. The summed E-state index contributed by atoms with van der Waals surface area (Å²) < 4.78 is 16.7. The summed E-state index contributed by atoms with van der Waals surface area (Å²) in [7, 11) is 0. The van der Waals surface area contributed by atoms with E-state index in [1.165, 1.54) is 116 Å². The van der Waals surface area contributed by atoms with E-state index in [0.29, 0.717) is 19.3 Å². The standard InChI is InChI=1S/C55H94O6/c1-4-7-10-13-16-19-22-24-26-27-29-30-33-36-39-42-45-48-54(57)60-51-52(50-59-53(56)47-44-41-38-35-32-21-18-15-12-9-6-3)61-55(58)49-46-43-40-37-34-31-28-25-23-20-17-14-11-8-5-2/h7,10,16,19-20,23-24,26,29-30,36,39,52H,4-6,8-9,11-15,17-18,21-22,25,27-28,31-35,37-38,40-51H2,1-3H3/b10-7-,19-16-,23-20-,26-24-,30-29-,39-36-/t52-/m0/s1. The largest absolute Gasteiger partial charge is 0.462 e. The van der Waals surface area contributed by atoms with Gasteiger partial charge in [0.15, 0.2) is 6.10 Å². The van der Waals surface area contributed by atoms with Gasteiger partial charge >= 0.3 is 17.9 Å². The summed E-state index contributed by atoms with van der Waals surface area (Å²) in [5.74, 6) is -0.958. The van der Waals surface area contributed by atoms with E-state index in [1.54, 1.807) is 0 Å². The van der Waals surface area contributed by atoms with Crippen molar-refractivity contribution in [2.45, 2.75) is 245 Å². The molecule has 0 amide bonds. The van der Waals surface area contributed by atoms with Gasteiger partial charge in [-0.2, -0.15) is 0 Å². The molecule has 0 bridgehead atoms. The molecule has 0 aromatic rings. The molecule has 0 saturated carbocycles. The summed E-state index contributed by atoms with van der Waals surface area (Å²) in [6.45, 7) is 6.45. The summed E-state index contributed by atoms with van der Waals surface area (Å²) in [6.07, 6.45) is 61.7. The Bertz CT molecular complexity index is 1160.